The summed E-state index contributed by atoms with van der Waals surface area (Å²) in [5.41, 5.74) is 2.24. The van der Waals surface area contributed by atoms with Crippen molar-refractivity contribution in [2.45, 2.75) is 19.8 Å². The number of nitrogens with zero attached hydrogens (tertiary/aromatic N) is 3. The monoisotopic (exact) mass is 335 g/mol. The van der Waals surface area contributed by atoms with Gasteiger partial charge in [0.1, 0.15) is 0 Å². The van der Waals surface area contributed by atoms with Crippen LogP contribution in [0, 0.1) is 24.2 Å². The highest BCUT2D eigenvalue weighted by atomic mass is 16.5. The number of hydrogen-bond acceptors (Lipinski definition) is 4. The van der Waals surface area contributed by atoms with Gasteiger partial charge in [0.25, 0.3) is 5.91 Å². The maximum absolute atomic E-state index is 12.5. The van der Waals surface area contributed by atoms with Crippen molar-refractivity contribution in [2.24, 2.45) is 5.92 Å². The fourth-order valence-electron chi connectivity index (χ4n) is 2.99. The molecular formula is C20H21N3O2. The number of carbonyl (C=O) groups excluding carboxylic acids is 1. The van der Waals surface area contributed by atoms with E-state index in [2.05, 4.69) is 11.1 Å². The van der Waals surface area contributed by atoms with Gasteiger partial charge in [-0.05, 0) is 56.0 Å². The van der Waals surface area contributed by atoms with Gasteiger partial charge < -0.3 is 9.64 Å². The summed E-state index contributed by atoms with van der Waals surface area (Å²) in [5.74, 6) is 1.16. The van der Waals surface area contributed by atoms with Crippen molar-refractivity contribution >= 4 is 5.91 Å². The smallest absolute Gasteiger partial charge is 0.253 e. The van der Waals surface area contributed by atoms with Crippen LogP contribution in [0.25, 0.3) is 0 Å². The lowest BCUT2D eigenvalue weighted by molar-refractivity contribution is 0.0659. The van der Waals surface area contributed by atoms with Gasteiger partial charge in [-0.1, -0.05) is 6.07 Å². The first kappa shape index (κ1) is 17.0. The zero-order valence-corrected chi connectivity index (χ0v) is 14.3. The van der Waals surface area contributed by atoms with E-state index in [1.165, 1.54) is 0 Å². The summed E-state index contributed by atoms with van der Waals surface area (Å²) in [5, 5.41) is 8.83. The van der Waals surface area contributed by atoms with Crippen LogP contribution in [0.5, 0.6) is 5.88 Å². The molecule has 1 aliphatic rings. The van der Waals surface area contributed by atoms with Crippen molar-refractivity contribution in [3.05, 3.63) is 59.3 Å². The van der Waals surface area contributed by atoms with Crippen LogP contribution in [0.4, 0.5) is 0 Å². The fraction of sp³-hybridized carbons (Fsp3) is 0.350. The van der Waals surface area contributed by atoms with E-state index in [1.54, 1.807) is 30.5 Å². The Morgan fingerprint density at radius 3 is 2.64 bits per heavy atom. The van der Waals surface area contributed by atoms with Gasteiger partial charge in [-0.3, -0.25) is 4.79 Å². The number of hydrogen-bond donors (Lipinski definition) is 0. The number of aromatic nitrogens is 1. The predicted molar refractivity (Wildman–Crippen MR) is 94.3 cm³/mol. The topological polar surface area (TPSA) is 66.2 Å². The molecule has 1 aromatic carbocycles. The van der Waals surface area contributed by atoms with E-state index in [0.29, 0.717) is 29.5 Å². The average Bonchev–Trinajstić information content (AvgIpc) is 2.67. The second-order valence-electron chi connectivity index (χ2n) is 6.36. The van der Waals surface area contributed by atoms with Crippen LogP contribution in [-0.2, 0) is 0 Å². The van der Waals surface area contributed by atoms with Crippen molar-refractivity contribution in [1.82, 2.24) is 9.88 Å². The average molecular weight is 335 g/mol. The van der Waals surface area contributed by atoms with E-state index in [9.17, 15) is 4.79 Å². The predicted octanol–water partition coefficient (Wildman–Crippen LogP) is 3.19. The summed E-state index contributed by atoms with van der Waals surface area (Å²) in [6, 6.07) is 12.8. The van der Waals surface area contributed by atoms with E-state index in [0.717, 1.165) is 31.5 Å². The number of amides is 1. The third-order valence-corrected chi connectivity index (χ3v) is 4.58. The van der Waals surface area contributed by atoms with E-state index in [4.69, 9.17) is 10.00 Å². The number of aryl methyl sites for hydroxylation is 1. The Morgan fingerprint density at radius 1 is 1.28 bits per heavy atom. The Kier molecular flexibility index (Phi) is 5.30. The molecule has 25 heavy (non-hydrogen) atoms. The van der Waals surface area contributed by atoms with Gasteiger partial charge in [-0.15, -0.1) is 0 Å². The Bertz CT molecular complexity index is 772. The summed E-state index contributed by atoms with van der Waals surface area (Å²) in [6.45, 7) is 4.08. The van der Waals surface area contributed by atoms with Crippen molar-refractivity contribution in [2.75, 3.05) is 19.7 Å². The van der Waals surface area contributed by atoms with E-state index < -0.39 is 0 Å². The molecule has 1 aromatic heterocycles. The second kappa shape index (κ2) is 7.80. The first-order chi connectivity index (χ1) is 12.2. The van der Waals surface area contributed by atoms with E-state index in [-0.39, 0.29) is 5.91 Å². The molecule has 0 spiro atoms. The normalized spacial score (nSPS) is 14.8. The summed E-state index contributed by atoms with van der Waals surface area (Å²) >= 11 is 0. The third kappa shape index (κ3) is 4.16. The summed E-state index contributed by atoms with van der Waals surface area (Å²) in [6.07, 6.45) is 3.59. The van der Waals surface area contributed by atoms with Crippen LogP contribution >= 0.6 is 0 Å². The number of piperidine rings is 1. The van der Waals surface area contributed by atoms with Crippen LogP contribution in [-0.4, -0.2) is 35.5 Å². The number of benzene rings is 1. The Labute approximate surface area is 147 Å². The lowest BCUT2D eigenvalue weighted by Crippen LogP contribution is -2.39. The van der Waals surface area contributed by atoms with Gasteiger partial charge in [0.2, 0.25) is 5.88 Å². The highest BCUT2D eigenvalue weighted by molar-refractivity contribution is 5.94. The largest absolute Gasteiger partial charge is 0.477 e. The Hall–Kier alpha value is -2.87. The molecule has 3 rings (SSSR count). The molecule has 1 aliphatic heterocycles. The first-order valence-corrected chi connectivity index (χ1v) is 8.51. The van der Waals surface area contributed by atoms with Gasteiger partial charge >= 0.3 is 0 Å². The minimum atomic E-state index is 0.0319. The van der Waals surface area contributed by atoms with Crippen LogP contribution < -0.4 is 4.74 Å². The molecule has 2 aromatic rings. The van der Waals surface area contributed by atoms with Crippen LogP contribution in [0.3, 0.4) is 0 Å². The molecule has 0 atom stereocenters. The molecule has 5 heteroatoms. The molecule has 0 aliphatic carbocycles. The van der Waals surface area contributed by atoms with Crippen molar-refractivity contribution in [1.29, 1.82) is 5.26 Å². The number of ether oxygens (including phenoxy) is 1. The third-order valence-electron chi connectivity index (χ3n) is 4.58. The first-order valence-electron chi connectivity index (χ1n) is 8.51. The molecule has 0 saturated carbocycles. The van der Waals surface area contributed by atoms with Crippen molar-refractivity contribution in [3.8, 4) is 11.9 Å². The van der Waals surface area contributed by atoms with Crippen molar-refractivity contribution in [3.63, 3.8) is 0 Å². The fourth-order valence-corrected chi connectivity index (χ4v) is 2.99. The molecule has 128 valence electrons. The molecule has 1 amide bonds. The summed E-state index contributed by atoms with van der Waals surface area (Å²) in [4.78, 5) is 18.7. The van der Waals surface area contributed by atoms with Crippen LogP contribution in [0.1, 0.15) is 34.3 Å². The zero-order valence-electron chi connectivity index (χ0n) is 14.3. The van der Waals surface area contributed by atoms with Crippen LogP contribution in [0.2, 0.25) is 0 Å². The minimum Gasteiger partial charge on any atom is -0.477 e. The molecule has 0 N–H and O–H groups in total. The highest BCUT2D eigenvalue weighted by Gasteiger charge is 2.24. The van der Waals surface area contributed by atoms with Crippen molar-refractivity contribution < 1.29 is 9.53 Å². The summed E-state index contributed by atoms with van der Waals surface area (Å²) < 4.78 is 5.84. The standard InChI is InChI=1S/C20H21N3O2/c1-15-3-2-10-22-19(15)25-14-17-8-11-23(12-9-17)20(24)18-6-4-16(13-21)5-7-18/h2-7,10,17H,8-9,11-12,14H2,1H3. The maximum atomic E-state index is 12.5. The van der Waals surface area contributed by atoms with Gasteiger partial charge in [0.15, 0.2) is 0 Å². The lowest BCUT2D eigenvalue weighted by Gasteiger charge is -2.32. The molecule has 0 bridgehead atoms. The Balaban J connectivity index is 1.50. The van der Waals surface area contributed by atoms with Gasteiger partial charge in [0.05, 0.1) is 18.2 Å². The quantitative estimate of drug-likeness (QED) is 0.860. The van der Waals surface area contributed by atoms with Gasteiger partial charge in [-0.25, -0.2) is 4.98 Å². The van der Waals surface area contributed by atoms with Crippen LogP contribution in [0.15, 0.2) is 42.6 Å². The van der Waals surface area contributed by atoms with Gasteiger partial charge in [0, 0.05) is 30.4 Å². The summed E-state index contributed by atoms with van der Waals surface area (Å²) in [7, 11) is 0. The highest BCUT2D eigenvalue weighted by Crippen LogP contribution is 2.21. The van der Waals surface area contributed by atoms with E-state index >= 15 is 0 Å². The molecule has 0 unspecified atom stereocenters. The molecular weight excluding hydrogens is 314 g/mol. The number of pyridine rings is 1. The Morgan fingerprint density at radius 2 is 2.00 bits per heavy atom. The van der Waals surface area contributed by atoms with Gasteiger partial charge in [-0.2, -0.15) is 5.26 Å². The zero-order chi connectivity index (χ0) is 17.6. The lowest BCUT2D eigenvalue weighted by atomic mass is 9.97. The molecule has 1 fully saturated rings. The number of nitriles is 1. The number of rotatable bonds is 4. The maximum Gasteiger partial charge on any atom is 0.253 e. The molecule has 0 radical (unpaired) electrons. The molecule has 1 saturated heterocycles. The second-order valence-corrected chi connectivity index (χ2v) is 6.36. The number of likely N-dealkylation sites (tertiary alicyclic amines) is 1. The minimum absolute atomic E-state index is 0.0319. The number of carbonyl (C=O) groups is 1. The van der Waals surface area contributed by atoms with E-state index in [1.807, 2.05) is 24.0 Å². The molecule has 2 heterocycles. The SMILES string of the molecule is Cc1cccnc1OCC1CCN(C(=O)c2ccc(C#N)cc2)CC1. The molecule has 5 nitrogen and oxygen atoms in total.